The maximum Gasteiger partial charge on any atom is 0.321 e. The van der Waals surface area contributed by atoms with Crippen LogP contribution in [0.3, 0.4) is 0 Å². The van der Waals surface area contributed by atoms with Crippen LogP contribution in [0.15, 0.2) is 11.1 Å². The Kier molecular flexibility index (Phi) is 5.13. The van der Waals surface area contributed by atoms with Gasteiger partial charge in [-0.1, -0.05) is 0 Å². The minimum Gasteiger partial charge on any atom is -0.378 e. The van der Waals surface area contributed by atoms with Crippen molar-refractivity contribution in [2.24, 2.45) is 22.7 Å². The van der Waals surface area contributed by atoms with Crippen molar-refractivity contribution in [3.05, 3.63) is 17.5 Å². The van der Waals surface area contributed by atoms with Gasteiger partial charge in [-0.2, -0.15) is 4.99 Å². The number of aryl methyl sites for hydroxylation is 2. The van der Waals surface area contributed by atoms with Gasteiger partial charge in [-0.3, -0.25) is 5.32 Å². The second-order valence-corrected chi connectivity index (χ2v) is 9.76. The molecule has 0 atom stereocenters. The zero-order chi connectivity index (χ0) is 20.7. The number of nitrogens with zero attached hydrogens (tertiary/aromatic N) is 4. The number of guanidine groups is 1. The summed E-state index contributed by atoms with van der Waals surface area (Å²) in [5.74, 6) is 3.24. The van der Waals surface area contributed by atoms with Crippen molar-refractivity contribution in [3.8, 4) is 0 Å². The molecule has 1 aromatic heterocycles. The molecule has 5 fully saturated rings. The van der Waals surface area contributed by atoms with Crippen LogP contribution in [-0.4, -0.2) is 58.7 Å². The van der Waals surface area contributed by atoms with Gasteiger partial charge in [0.25, 0.3) is 5.95 Å². The van der Waals surface area contributed by atoms with E-state index in [1.807, 2.05) is 24.8 Å². The number of hydrogen-bond donors (Lipinski definition) is 2. The van der Waals surface area contributed by atoms with Gasteiger partial charge < -0.3 is 15.0 Å². The summed E-state index contributed by atoms with van der Waals surface area (Å²) in [6, 6.07) is 1.76. The number of amides is 2. The van der Waals surface area contributed by atoms with Crippen molar-refractivity contribution >= 4 is 17.9 Å². The highest BCUT2D eigenvalue weighted by molar-refractivity contribution is 5.97. The Labute approximate surface area is 177 Å². The van der Waals surface area contributed by atoms with E-state index < -0.39 is 0 Å². The van der Waals surface area contributed by atoms with Crippen LogP contribution in [0, 0.1) is 31.6 Å². The number of carbonyl (C=O) groups is 1. The van der Waals surface area contributed by atoms with E-state index in [4.69, 9.17) is 4.74 Å². The van der Waals surface area contributed by atoms with Crippen LogP contribution in [0.1, 0.15) is 49.9 Å². The largest absolute Gasteiger partial charge is 0.378 e. The minimum atomic E-state index is -0.161. The van der Waals surface area contributed by atoms with Crippen molar-refractivity contribution in [1.82, 2.24) is 25.5 Å². The third-order valence-electron chi connectivity index (χ3n) is 7.13. The normalized spacial score (nSPS) is 32.9. The lowest BCUT2D eigenvalue weighted by Gasteiger charge is -2.56. The van der Waals surface area contributed by atoms with Crippen molar-refractivity contribution in [3.63, 3.8) is 0 Å². The average molecular weight is 413 g/mol. The highest BCUT2D eigenvalue weighted by Gasteiger charge is 2.51. The molecule has 1 aromatic rings. The lowest BCUT2D eigenvalue weighted by Crippen LogP contribution is -2.62. The summed E-state index contributed by atoms with van der Waals surface area (Å²) in [4.78, 5) is 28.6. The first-order valence-electron chi connectivity index (χ1n) is 11.3. The van der Waals surface area contributed by atoms with Gasteiger partial charge in [0.1, 0.15) is 0 Å². The van der Waals surface area contributed by atoms with E-state index in [0.29, 0.717) is 38.2 Å². The predicted octanol–water partition coefficient (Wildman–Crippen LogP) is 2.68. The zero-order valence-corrected chi connectivity index (χ0v) is 18.0. The van der Waals surface area contributed by atoms with Crippen molar-refractivity contribution in [2.45, 2.75) is 57.9 Å². The van der Waals surface area contributed by atoms with E-state index >= 15 is 0 Å². The quantitative estimate of drug-likeness (QED) is 0.576. The molecule has 4 saturated carbocycles. The number of ether oxygens (including phenoxy) is 1. The molecular weight excluding hydrogens is 380 g/mol. The lowest BCUT2D eigenvalue weighted by molar-refractivity contribution is -0.0133. The van der Waals surface area contributed by atoms with Crippen LogP contribution in [0.25, 0.3) is 0 Å². The second-order valence-electron chi connectivity index (χ2n) is 9.76. The van der Waals surface area contributed by atoms with Crippen molar-refractivity contribution in [1.29, 1.82) is 0 Å². The molecule has 6 rings (SSSR count). The van der Waals surface area contributed by atoms with E-state index in [9.17, 15) is 4.79 Å². The summed E-state index contributed by atoms with van der Waals surface area (Å²) in [5.41, 5.74) is 1.69. The number of rotatable bonds is 2. The summed E-state index contributed by atoms with van der Waals surface area (Å²) in [6.07, 6.45) is 7.43. The highest BCUT2D eigenvalue weighted by Crippen LogP contribution is 2.55. The van der Waals surface area contributed by atoms with Gasteiger partial charge in [0.05, 0.1) is 13.2 Å². The molecule has 4 aliphatic carbocycles. The van der Waals surface area contributed by atoms with Crippen molar-refractivity contribution in [2.75, 3.05) is 26.3 Å². The monoisotopic (exact) mass is 412 g/mol. The van der Waals surface area contributed by atoms with E-state index in [0.717, 1.165) is 48.4 Å². The van der Waals surface area contributed by atoms with Gasteiger partial charge in [0, 0.05) is 30.0 Å². The first-order chi connectivity index (χ1) is 14.5. The van der Waals surface area contributed by atoms with E-state index in [1.165, 1.54) is 19.3 Å². The summed E-state index contributed by atoms with van der Waals surface area (Å²) >= 11 is 0. The lowest BCUT2D eigenvalue weighted by atomic mass is 9.53. The summed E-state index contributed by atoms with van der Waals surface area (Å²) in [7, 11) is 0. The molecule has 0 spiro atoms. The van der Waals surface area contributed by atoms with Gasteiger partial charge in [-0.05, 0) is 76.2 Å². The zero-order valence-electron chi connectivity index (χ0n) is 18.0. The molecule has 2 amide bonds. The van der Waals surface area contributed by atoms with Gasteiger partial charge in [0.15, 0.2) is 0 Å². The Morgan fingerprint density at radius 1 is 1.07 bits per heavy atom. The third kappa shape index (κ3) is 4.15. The van der Waals surface area contributed by atoms with E-state index in [1.54, 1.807) is 0 Å². The fraction of sp³-hybridized carbons (Fsp3) is 0.727. The summed E-state index contributed by atoms with van der Waals surface area (Å²) in [6.45, 7) is 6.45. The first kappa shape index (κ1) is 19.7. The molecule has 2 heterocycles. The number of aliphatic imine (C=N–C) groups is 1. The molecule has 8 nitrogen and oxygen atoms in total. The number of carbonyl (C=O) groups excluding carboxylic acids is 1. The van der Waals surface area contributed by atoms with Crippen LogP contribution in [0.4, 0.5) is 10.7 Å². The van der Waals surface area contributed by atoms with Crippen LogP contribution >= 0.6 is 0 Å². The molecule has 30 heavy (non-hydrogen) atoms. The highest BCUT2D eigenvalue weighted by atomic mass is 16.5. The fourth-order valence-corrected chi connectivity index (χ4v) is 6.44. The SMILES string of the molecule is Cc1cc(C)nc(/N=C(/NC(=O)NC23CC4CC(CC(C4)C2)C3)N2CCOCC2)n1. The molecule has 1 saturated heterocycles. The number of aromatic nitrogens is 2. The number of urea groups is 1. The Hall–Kier alpha value is -2.22. The standard InChI is InChI=1S/C22H32N6O2/c1-14-7-15(2)24-19(23-14)25-20(28-3-5-30-6-4-28)26-21(29)27-22-11-16-8-17(12-22)10-18(9-16)13-22/h7,16-18H,3-6,8-13H2,1-2H3,(H2,23,24,25,26,27,29). The van der Waals surface area contributed by atoms with Gasteiger partial charge in [0.2, 0.25) is 5.96 Å². The van der Waals surface area contributed by atoms with E-state index in [2.05, 4.69) is 25.6 Å². The van der Waals surface area contributed by atoms with E-state index in [-0.39, 0.29) is 11.6 Å². The molecular formula is C22H32N6O2. The van der Waals surface area contributed by atoms with Crippen LogP contribution in [0.5, 0.6) is 0 Å². The number of hydrogen-bond acceptors (Lipinski definition) is 5. The molecule has 0 unspecified atom stereocenters. The molecule has 5 aliphatic rings. The average Bonchev–Trinajstić information content (AvgIpc) is 2.66. The second kappa shape index (κ2) is 7.80. The van der Waals surface area contributed by atoms with Crippen LogP contribution < -0.4 is 10.6 Å². The topological polar surface area (TPSA) is 91.7 Å². The minimum absolute atomic E-state index is 0.0363. The Morgan fingerprint density at radius 2 is 1.63 bits per heavy atom. The number of morpholine rings is 1. The predicted molar refractivity (Wildman–Crippen MR) is 114 cm³/mol. The molecule has 1 aliphatic heterocycles. The summed E-state index contributed by atoms with van der Waals surface area (Å²) in [5, 5.41) is 6.41. The van der Waals surface area contributed by atoms with Crippen LogP contribution in [-0.2, 0) is 4.74 Å². The molecule has 2 N–H and O–H groups in total. The fourth-order valence-electron chi connectivity index (χ4n) is 6.44. The maximum atomic E-state index is 13.1. The number of nitrogens with one attached hydrogen (secondary N) is 2. The van der Waals surface area contributed by atoms with Crippen molar-refractivity contribution < 1.29 is 9.53 Å². The van der Waals surface area contributed by atoms with Gasteiger partial charge in [-0.25, -0.2) is 14.8 Å². The summed E-state index contributed by atoms with van der Waals surface area (Å²) < 4.78 is 5.48. The smallest absolute Gasteiger partial charge is 0.321 e. The van der Waals surface area contributed by atoms with Gasteiger partial charge >= 0.3 is 6.03 Å². The maximum absolute atomic E-state index is 13.1. The third-order valence-corrected chi connectivity index (χ3v) is 7.13. The Bertz CT molecular complexity index is 792. The Morgan fingerprint density at radius 3 is 2.20 bits per heavy atom. The molecule has 162 valence electrons. The van der Waals surface area contributed by atoms with Gasteiger partial charge in [-0.15, -0.1) is 0 Å². The molecule has 0 radical (unpaired) electrons. The van der Waals surface area contributed by atoms with Crippen LogP contribution in [0.2, 0.25) is 0 Å². The Balaban J connectivity index is 1.34. The molecule has 4 bridgehead atoms. The molecule has 8 heteroatoms. The molecule has 0 aromatic carbocycles. The first-order valence-corrected chi connectivity index (χ1v) is 11.3.